The zero-order chi connectivity index (χ0) is 9.84. The van der Waals surface area contributed by atoms with Crippen molar-refractivity contribution in [1.29, 1.82) is 0 Å². The van der Waals surface area contributed by atoms with E-state index in [0.717, 1.165) is 21.7 Å². The fourth-order valence-electron chi connectivity index (χ4n) is 1.68. The monoisotopic (exact) mass is 236 g/mol. The van der Waals surface area contributed by atoms with Crippen molar-refractivity contribution >= 4 is 35.3 Å². The van der Waals surface area contributed by atoms with Gasteiger partial charge < -0.3 is 0 Å². The maximum atomic E-state index is 2.38. The lowest BCUT2D eigenvalue weighted by Crippen LogP contribution is -2.17. The molecule has 0 bridgehead atoms. The molecule has 1 heterocycles. The van der Waals surface area contributed by atoms with E-state index in [9.17, 15) is 0 Å². The lowest BCUT2D eigenvalue weighted by Gasteiger charge is -2.18. The second-order valence-corrected chi connectivity index (χ2v) is 7.45. The maximum absolute atomic E-state index is 2.38. The predicted molar refractivity (Wildman–Crippen MR) is 70.3 cm³/mol. The van der Waals surface area contributed by atoms with Crippen LogP contribution in [0.3, 0.4) is 0 Å². The van der Waals surface area contributed by atoms with Crippen LogP contribution < -0.4 is 0 Å². The van der Waals surface area contributed by atoms with Crippen LogP contribution in [-0.4, -0.2) is 34.0 Å². The second kappa shape index (κ2) is 5.82. The van der Waals surface area contributed by atoms with Gasteiger partial charge in [-0.3, -0.25) is 0 Å². The van der Waals surface area contributed by atoms with E-state index in [2.05, 4.69) is 38.1 Å². The summed E-state index contributed by atoms with van der Waals surface area (Å²) >= 11 is 6.23. The Bertz CT molecular complexity index is 133. The van der Waals surface area contributed by atoms with Crippen LogP contribution in [0.15, 0.2) is 0 Å². The highest BCUT2D eigenvalue weighted by Gasteiger charge is 2.31. The Morgan fingerprint density at radius 3 is 2.31 bits per heavy atom. The summed E-state index contributed by atoms with van der Waals surface area (Å²) in [5.74, 6) is 2.34. The van der Waals surface area contributed by atoms with Gasteiger partial charge in [0.15, 0.2) is 0 Å². The topological polar surface area (TPSA) is 0 Å². The van der Waals surface area contributed by atoms with Gasteiger partial charge in [0.1, 0.15) is 0 Å². The van der Waals surface area contributed by atoms with Crippen LogP contribution in [0.2, 0.25) is 0 Å². The van der Waals surface area contributed by atoms with Crippen LogP contribution in [0.4, 0.5) is 0 Å². The molecule has 0 saturated carbocycles. The fourth-order valence-corrected chi connectivity index (χ4v) is 4.95. The van der Waals surface area contributed by atoms with Gasteiger partial charge in [0, 0.05) is 15.7 Å². The Kier molecular flexibility index (Phi) is 5.42. The molecule has 0 radical (unpaired) electrons. The number of thioether (sulfide) groups is 3. The molecular weight excluding hydrogens is 216 g/mol. The zero-order valence-electron chi connectivity index (χ0n) is 8.95. The van der Waals surface area contributed by atoms with E-state index in [1.165, 1.54) is 12.2 Å². The summed E-state index contributed by atoms with van der Waals surface area (Å²) in [7, 11) is 0. The van der Waals surface area contributed by atoms with Crippen molar-refractivity contribution in [3.63, 3.8) is 0 Å². The molecule has 13 heavy (non-hydrogen) atoms. The van der Waals surface area contributed by atoms with Crippen molar-refractivity contribution in [3.8, 4) is 0 Å². The average Bonchev–Trinajstić information content (AvgIpc) is 2.64. The molecule has 1 fully saturated rings. The van der Waals surface area contributed by atoms with E-state index in [1.54, 1.807) is 0 Å². The van der Waals surface area contributed by atoms with Gasteiger partial charge in [-0.05, 0) is 30.6 Å². The summed E-state index contributed by atoms with van der Waals surface area (Å²) < 4.78 is 0. The Morgan fingerprint density at radius 1 is 1.15 bits per heavy atom. The minimum Gasteiger partial charge on any atom is -0.162 e. The van der Waals surface area contributed by atoms with Crippen molar-refractivity contribution < 1.29 is 0 Å². The van der Waals surface area contributed by atoms with E-state index in [1.807, 2.05) is 23.5 Å². The molecule has 0 spiro atoms. The lowest BCUT2D eigenvalue weighted by atomic mass is 10.0. The third-order valence-electron chi connectivity index (χ3n) is 2.99. The molecule has 0 N–H and O–H groups in total. The first-order chi connectivity index (χ1) is 6.19. The van der Waals surface area contributed by atoms with E-state index < -0.39 is 0 Å². The van der Waals surface area contributed by atoms with Crippen LogP contribution in [-0.2, 0) is 0 Å². The highest BCUT2D eigenvalue weighted by Crippen LogP contribution is 2.40. The molecule has 1 aliphatic heterocycles. The molecule has 0 aromatic heterocycles. The Morgan fingerprint density at radius 2 is 1.77 bits per heavy atom. The smallest absolute Gasteiger partial charge is 0.0167 e. The van der Waals surface area contributed by atoms with Crippen LogP contribution in [0.5, 0.6) is 0 Å². The summed E-state index contributed by atoms with van der Waals surface area (Å²) in [4.78, 5) is 0. The van der Waals surface area contributed by atoms with E-state index >= 15 is 0 Å². The number of hydrogen-bond acceptors (Lipinski definition) is 3. The predicted octanol–water partition coefficient (Wildman–Crippen LogP) is 3.61. The van der Waals surface area contributed by atoms with Gasteiger partial charge in [0.05, 0.1) is 0 Å². The van der Waals surface area contributed by atoms with Gasteiger partial charge >= 0.3 is 0 Å². The van der Waals surface area contributed by atoms with Gasteiger partial charge in [-0.1, -0.05) is 13.8 Å². The summed E-state index contributed by atoms with van der Waals surface area (Å²) in [6.45, 7) is 4.75. The maximum Gasteiger partial charge on any atom is 0.0167 e. The Labute approximate surface area is 95.4 Å². The molecule has 78 valence electrons. The fraction of sp³-hybridized carbons (Fsp3) is 1.00. The SMILES string of the molecule is CSC(C)C1CSC(C(C)SC)C1. The second-order valence-electron chi connectivity index (χ2n) is 3.75. The molecule has 3 heteroatoms. The quantitative estimate of drug-likeness (QED) is 0.732. The minimum absolute atomic E-state index is 0.837. The molecule has 0 nitrogen and oxygen atoms in total. The zero-order valence-corrected chi connectivity index (χ0v) is 11.4. The van der Waals surface area contributed by atoms with Crippen LogP contribution in [0, 0.1) is 5.92 Å². The van der Waals surface area contributed by atoms with Crippen molar-refractivity contribution in [1.82, 2.24) is 0 Å². The molecular formula is C10H20S3. The Balaban J connectivity index is 2.35. The molecule has 4 atom stereocenters. The van der Waals surface area contributed by atoms with Crippen LogP contribution in [0.1, 0.15) is 20.3 Å². The molecule has 0 aliphatic carbocycles. The molecule has 0 aromatic rings. The highest BCUT2D eigenvalue weighted by atomic mass is 32.2. The summed E-state index contributed by atoms with van der Waals surface area (Å²) in [6.07, 6.45) is 5.91. The van der Waals surface area contributed by atoms with E-state index in [-0.39, 0.29) is 0 Å². The Hall–Kier alpha value is 1.05. The van der Waals surface area contributed by atoms with Gasteiger partial charge in [-0.25, -0.2) is 0 Å². The molecule has 4 unspecified atom stereocenters. The normalized spacial score (nSPS) is 33.2. The molecule has 1 aliphatic rings. The first-order valence-corrected chi connectivity index (χ1v) is 8.48. The summed E-state index contributed by atoms with van der Waals surface area (Å²) in [6, 6.07) is 0. The summed E-state index contributed by atoms with van der Waals surface area (Å²) in [5, 5.41) is 2.60. The van der Waals surface area contributed by atoms with Gasteiger partial charge in [-0.2, -0.15) is 35.3 Å². The first-order valence-electron chi connectivity index (χ1n) is 4.86. The third kappa shape index (κ3) is 3.28. The van der Waals surface area contributed by atoms with Crippen molar-refractivity contribution in [2.24, 2.45) is 5.92 Å². The molecule has 0 amide bonds. The van der Waals surface area contributed by atoms with Gasteiger partial charge in [0.2, 0.25) is 0 Å². The molecule has 1 saturated heterocycles. The van der Waals surface area contributed by atoms with Gasteiger partial charge in [-0.15, -0.1) is 0 Å². The van der Waals surface area contributed by atoms with Crippen molar-refractivity contribution in [2.45, 2.75) is 36.0 Å². The highest BCUT2D eigenvalue weighted by molar-refractivity contribution is 8.03. The largest absolute Gasteiger partial charge is 0.162 e. The average molecular weight is 236 g/mol. The lowest BCUT2D eigenvalue weighted by molar-refractivity contribution is 0.550. The number of rotatable bonds is 4. The van der Waals surface area contributed by atoms with E-state index in [0.29, 0.717) is 0 Å². The molecule has 1 rings (SSSR count). The standard InChI is InChI=1S/C10H20S3/c1-7(11-3)9-5-10(13-6-9)8(2)12-4/h7-10H,5-6H2,1-4H3. The first kappa shape index (κ1) is 12.1. The summed E-state index contributed by atoms with van der Waals surface area (Å²) in [5.41, 5.74) is 0. The minimum atomic E-state index is 0.837. The van der Waals surface area contributed by atoms with Crippen molar-refractivity contribution in [3.05, 3.63) is 0 Å². The third-order valence-corrected chi connectivity index (χ3v) is 7.01. The number of hydrogen-bond donors (Lipinski definition) is 0. The molecule has 0 aromatic carbocycles. The van der Waals surface area contributed by atoms with Crippen LogP contribution >= 0.6 is 35.3 Å². The van der Waals surface area contributed by atoms with E-state index in [4.69, 9.17) is 0 Å². The van der Waals surface area contributed by atoms with Gasteiger partial charge in [0.25, 0.3) is 0 Å². The van der Waals surface area contributed by atoms with Crippen LogP contribution in [0.25, 0.3) is 0 Å². The van der Waals surface area contributed by atoms with Crippen molar-refractivity contribution in [2.75, 3.05) is 18.3 Å².